The van der Waals surface area contributed by atoms with Gasteiger partial charge in [-0.3, -0.25) is 0 Å². The number of benzene rings is 1. The highest BCUT2D eigenvalue weighted by Crippen LogP contribution is 2.24. The van der Waals surface area contributed by atoms with Crippen molar-refractivity contribution in [2.24, 2.45) is 0 Å². The largest absolute Gasteiger partial charge is 0.497 e. The summed E-state index contributed by atoms with van der Waals surface area (Å²) >= 11 is 11.2. The van der Waals surface area contributed by atoms with Crippen molar-refractivity contribution in [3.63, 3.8) is 0 Å². The molecule has 17 heavy (non-hydrogen) atoms. The van der Waals surface area contributed by atoms with Gasteiger partial charge in [-0.1, -0.05) is 29.3 Å². The maximum Gasteiger partial charge on any atom is 0.127 e. The van der Waals surface area contributed by atoms with Gasteiger partial charge in [-0.2, -0.15) is 0 Å². The number of nitrogens with one attached hydrogen (secondary N) is 1. The number of rotatable bonds is 6. The van der Waals surface area contributed by atoms with Gasteiger partial charge in [0.05, 0.1) is 14.2 Å². The Labute approximate surface area is 111 Å². The van der Waals surface area contributed by atoms with Crippen LogP contribution in [-0.4, -0.2) is 20.8 Å². The van der Waals surface area contributed by atoms with Crippen LogP contribution in [0.15, 0.2) is 28.8 Å². The Morgan fingerprint density at radius 1 is 1.35 bits per heavy atom. The van der Waals surface area contributed by atoms with Crippen molar-refractivity contribution in [2.75, 3.05) is 20.8 Å². The molecule has 0 unspecified atom stereocenters. The van der Waals surface area contributed by atoms with Gasteiger partial charge in [-0.05, 0) is 6.07 Å². The van der Waals surface area contributed by atoms with Crippen molar-refractivity contribution in [1.82, 2.24) is 5.32 Å². The van der Waals surface area contributed by atoms with Gasteiger partial charge in [0.2, 0.25) is 0 Å². The van der Waals surface area contributed by atoms with Gasteiger partial charge in [0.1, 0.15) is 11.5 Å². The summed E-state index contributed by atoms with van der Waals surface area (Å²) in [5.74, 6) is 1.55. The van der Waals surface area contributed by atoms with Crippen LogP contribution in [0.1, 0.15) is 5.56 Å². The first-order chi connectivity index (χ1) is 8.21. The van der Waals surface area contributed by atoms with E-state index in [1.165, 1.54) is 5.54 Å². The Bertz CT molecular complexity index is 394. The van der Waals surface area contributed by atoms with Crippen LogP contribution in [0.2, 0.25) is 0 Å². The molecule has 0 heterocycles. The first kappa shape index (κ1) is 14.2. The Balaban J connectivity index is 2.64. The van der Waals surface area contributed by atoms with Gasteiger partial charge in [0.15, 0.2) is 0 Å². The monoisotopic (exact) mass is 275 g/mol. The molecule has 94 valence electrons. The fraction of sp³-hybridized carbons (Fsp3) is 0.333. The maximum absolute atomic E-state index is 5.77. The Morgan fingerprint density at radius 2 is 2.12 bits per heavy atom. The van der Waals surface area contributed by atoms with E-state index < -0.39 is 0 Å². The van der Waals surface area contributed by atoms with Crippen LogP contribution in [0.5, 0.6) is 11.5 Å². The van der Waals surface area contributed by atoms with Crippen LogP contribution in [0.4, 0.5) is 0 Å². The fourth-order valence-corrected chi connectivity index (χ4v) is 1.52. The summed E-state index contributed by atoms with van der Waals surface area (Å²) in [6, 6.07) is 5.68. The molecule has 0 saturated carbocycles. The van der Waals surface area contributed by atoms with Crippen molar-refractivity contribution in [3.05, 3.63) is 34.3 Å². The molecule has 1 N–H and O–H groups in total. The molecular weight excluding hydrogens is 261 g/mol. The van der Waals surface area contributed by atoms with Gasteiger partial charge in [-0.15, -0.1) is 0 Å². The third kappa shape index (κ3) is 4.46. The predicted molar refractivity (Wildman–Crippen MR) is 71.0 cm³/mol. The minimum atomic E-state index is 0.528. The smallest absolute Gasteiger partial charge is 0.127 e. The lowest BCUT2D eigenvalue weighted by molar-refractivity contribution is 0.390. The third-order valence-corrected chi connectivity index (χ3v) is 2.84. The van der Waals surface area contributed by atoms with Crippen molar-refractivity contribution < 1.29 is 9.47 Å². The summed E-state index contributed by atoms with van der Waals surface area (Å²) < 4.78 is 10.4. The van der Waals surface area contributed by atoms with Crippen molar-refractivity contribution in [2.45, 2.75) is 6.54 Å². The fourth-order valence-electron chi connectivity index (χ4n) is 1.35. The molecule has 0 saturated heterocycles. The van der Waals surface area contributed by atoms with E-state index in [4.69, 9.17) is 32.7 Å². The Morgan fingerprint density at radius 3 is 2.71 bits per heavy atom. The zero-order valence-electron chi connectivity index (χ0n) is 9.80. The Hall–Kier alpha value is -0.900. The Kier molecular flexibility index (Phi) is 6.19. The van der Waals surface area contributed by atoms with Crippen molar-refractivity contribution >= 4 is 23.2 Å². The molecular formula is C12H15Cl2NO2. The van der Waals surface area contributed by atoms with Gasteiger partial charge >= 0.3 is 0 Å². The molecule has 3 nitrogen and oxygen atoms in total. The standard InChI is InChI=1S/C12H15Cl2NO2/c1-16-11-4-3-9(12(5-11)17-2)7-15-8-10(14)6-13/h3-6,15H,7-8H2,1-2H3. The zero-order valence-corrected chi connectivity index (χ0v) is 11.3. The molecule has 1 aromatic rings. The summed E-state index contributed by atoms with van der Waals surface area (Å²) in [6.45, 7) is 1.17. The van der Waals surface area contributed by atoms with Crippen LogP contribution in [0.25, 0.3) is 0 Å². The van der Waals surface area contributed by atoms with E-state index in [1.54, 1.807) is 14.2 Å². The lowest BCUT2D eigenvalue weighted by atomic mass is 10.2. The van der Waals surface area contributed by atoms with E-state index in [-0.39, 0.29) is 0 Å². The van der Waals surface area contributed by atoms with Crippen LogP contribution < -0.4 is 14.8 Å². The molecule has 0 amide bonds. The number of hydrogen-bond donors (Lipinski definition) is 1. The zero-order chi connectivity index (χ0) is 12.7. The molecule has 0 aromatic heterocycles. The van der Waals surface area contributed by atoms with Crippen LogP contribution in [0, 0.1) is 0 Å². The van der Waals surface area contributed by atoms with Crippen LogP contribution >= 0.6 is 23.2 Å². The second-order valence-corrected chi connectivity index (χ2v) is 4.04. The van der Waals surface area contributed by atoms with Crippen molar-refractivity contribution in [1.29, 1.82) is 0 Å². The maximum atomic E-state index is 5.77. The highest BCUT2D eigenvalue weighted by atomic mass is 35.5. The quantitative estimate of drug-likeness (QED) is 0.866. The molecule has 0 bridgehead atoms. The highest BCUT2D eigenvalue weighted by molar-refractivity contribution is 6.36. The summed E-state index contributed by atoms with van der Waals surface area (Å²) in [5.41, 5.74) is 2.38. The molecule has 0 atom stereocenters. The third-order valence-electron chi connectivity index (χ3n) is 2.22. The SMILES string of the molecule is COc1ccc(CNCC(Cl)=CCl)c(OC)c1. The molecule has 0 fully saturated rings. The lowest BCUT2D eigenvalue weighted by Crippen LogP contribution is -2.15. The van der Waals surface area contributed by atoms with Gasteiger partial charge in [-0.25, -0.2) is 0 Å². The molecule has 0 aliphatic carbocycles. The molecule has 1 rings (SSSR count). The van der Waals surface area contributed by atoms with E-state index in [2.05, 4.69) is 5.32 Å². The first-order valence-corrected chi connectivity index (χ1v) is 5.89. The van der Waals surface area contributed by atoms with E-state index in [0.29, 0.717) is 18.1 Å². The first-order valence-electron chi connectivity index (χ1n) is 5.07. The summed E-state index contributed by atoms with van der Waals surface area (Å²) in [7, 11) is 3.25. The highest BCUT2D eigenvalue weighted by Gasteiger charge is 2.04. The second-order valence-electron chi connectivity index (χ2n) is 3.34. The predicted octanol–water partition coefficient (Wildman–Crippen LogP) is 3.11. The van der Waals surface area contributed by atoms with E-state index in [9.17, 15) is 0 Å². The number of halogens is 2. The molecule has 1 aromatic carbocycles. The summed E-state index contributed by atoms with van der Waals surface area (Å²) in [4.78, 5) is 0. The molecule has 5 heteroatoms. The summed E-state index contributed by atoms with van der Waals surface area (Å²) in [5, 5.41) is 3.73. The van der Waals surface area contributed by atoms with Crippen LogP contribution in [0.3, 0.4) is 0 Å². The number of ether oxygens (including phenoxy) is 2. The van der Waals surface area contributed by atoms with Gasteiger partial charge in [0, 0.05) is 35.3 Å². The average molecular weight is 276 g/mol. The van der Waals surface area contributed by atoms with Gasteiger partial charge < -0.3 is 14.8 Å². The lowest BCUT2D eigenvalue weighted by Gasteiger charge is -2.11. The minimum Gasteiger partial charge on any atom is -0.497 e. The molecule has 0 spiro atoms. The topological polar surface area (TPSA) is 30.5 Å². The average Bonchev–Trinajstić information content (AvgIpc) is 2.38. The number of methoxy groups -OCH3 is 2. The van der Waals surface area contributed by atoms with E-state index in [0.717, 1.165) is 17.1 Å². The van der Waals surface area contributed by atoms with E-state index in [1.807, 2.05) is 18.2 Å². The van der Waals surface area contributed by atoms with Crippen LogP contribution in [-0.2, 0) is 6.54 Å². The molecule has 0 aliphatic heterocycles. The van der Waals surface area contributed by atoms with E-state index >= 15 is 0 Å². The second kappa shape index (κ2) is 7.43. The molecule has 0 radical (unpaired) electrons. The van der Waals surface area contributed by atoms with Gasteiger partial charge in [0.25, 0.3) is 0 Å². The molecule has 0 aliphatic rings. The number of hydrogen-bond acceptors (Lipinski definition) is 3. The minimum absolute atomic E-state index is 0.528. The van der Waals surface area contributed by atoms with Crippen molar-refractivity contribution in [3.8, 4) is 11.5 Å². The summed E-state index contributed by atoms with van der Waals surface area (Å²) in [6.07, 6.45) is 0. The normalized spacial score (nSPS) is 11.4.